The maximum absolute atomic E-state index is 11.5. The standard InChI is InChI=1S/C13H22N4O3/c1-4-11(12(18)19)15-13(20)14-6-5-7-17-10(3)8-9(2)16-17/h8,11H,4-7H2,1-3H3,(H,18,19)(H2,14,15,20)/t11-/m0/s1. The van der Waals surface area contributed by atoms with Crippen molar-refractivity contribution in [3.8, 4) is 0 Å². The lowest BCUT2D eigenvalue weighted by Gasteiger charge is -2.13. The number of aromatic nitrogens is 2. The number of nitrogens with zero attached hydrogens (tertiary/aromatic N) is 2. The predicted molar refractivity (Wildman–Crippen MR) is 74.6 cm³/mol. The summed E-state index contributed by atoms with van der Waals surface area (Å²) in [4.78, 5) is 22.3. The third-order valence-corrected chi connectivity index (χ3v) is 2.95. The number of aryl methyl sites for hydroxylation is 3. The van der Waals surface area contributed by atoms with Gasteiger partial charge in [-0.15, -0.1) is 0 Å². The molecular weight excluding hydrogens is 260 g/mol. The molecule has 0 spiro atoms. The van der Waals surface area contributed by atoms with Crippen LogP contribution in [0.3, 0.4) is 0 Å². The minimum atomic E-state index is -1.02. The fraction of sp³-hybridized carbons (Fsp3) is 0.615. The van der Waals surface area contributed by atoms with E-state index in [0.717, 1.165) is 24.4 Å². The van der Waals surface area contributed by atoms with E-state index in [1.165, 1.54) is 0 Å². The van der Waals surface area contributed by atoms with Crippen molar-refractivity contribution in [1.29, 1.82) is 0 Å². The smallest absolute Gasteiger partial charge is 0.326 e. The Balaban J connectivity index is 2.25. The van der Waals surface area contributed by atoms with Crippen molar-refractivity contribution in [3.63, 3.8) is 0 Å². The molecule has 0 saturated heterocycles. The van der Waals surface area contributed by atoms with Crippen LogP contribution in [0.1, 0.15) is 31.2 Å². The van der Waals surface area contributed by atoms with E-state index in [4.69, 9.17) is 5.11 Å². The molecule has 20 heavy (non-hydrogen) atoms. The lowest BCUT2D eigenvalue weighted by molar-refractivity contribution is -0.139. The minimum absolute atomic E-state index is 0.356. The largest absolute Gasteiger partial charge is 0.480 e. The highest BCUT2D eigenvalue weighted by Gasteiger charge is 2.16. The molecule has 0 bridgehead atoms. The lowest BCUT2D eigenvalue weighted by atomic mass is 10.2. The second-order valence-electron chi connectivity index (χ2n) is 4.70. The first-order valence-corrected chi connectivity index (χ1v) is 6.72. The zero-order valence-corrected chi connectivity index (χ0v) is 12.1. The molecule has 1 rings (SSSR count). The molecule has 112 valence electrons. The van der Waals surface area contributed by atoms with Gasteiger partial charge in [0.15, 0.2) is 0 Å². The molecule has 0 fully saturated rings. The summed E-state index contributed by atoms with van der Waals surface area (Å²) in [6.07, 6.45) is 1.09. The summed E-state index contributed by atoms with van der Waals surface area (Å²) in [5.41, 5.74) is 2.06. The second kappa shape index (κ2) is 7.52. The fourth-order valence-corrected chi connectivity index (χ4v) is 1.88. The summed E-state index contributed by atoms with van der Waals surface area (Å²) in [5, 5.41) is 18.2. The molecule has 0 saturated carbocycles. The summed E-state index contributed by atoms with van der Waals surface area (Å²) in [7, 11) is 0. The van der Waals surface area contributed by atoms with E-state index < -0.39 is 18.0 Å². The Kier molecular flexibility index (Phi) is 6.02. The Hall–Kier alpha value is -2.05. The van der Waals surface area contributed by atoms with Gasteiger partial charge in [-0.25, -0.2) is 9.59 Å². The number of carbonyl (C=O) groups is 2. The summed E-state index contributed by atoms with van der Waals surface area (Å²) in [5.74, 6) is -1.02. The first kappa shape index (κ1) is 16.0. The highest BCUT2D eigenvalue weighted by molar-refractivity contribution is 5.82. The number of hydrogen-bond acceptors (Lipinski definition) is 3. The van der Waals surface area contributed by atoms with Crippen molar-refractivity contribution in [3.05, 3.63) is 17.5 Å². The van der Waals surface area contributed by atoms with Gasteiger partial charge in [0.25, 0.3) is 0 Å². The Morgan fingerprint density at radius 3 is 2.65 bits per heavy atom. The van der Waals surface area contributed by atoms with Crippen molar-refractivity contribution in [2.24, 2.45) is 0 Å². The monoisotopic (exact) mass is 282 g/mol. The maximum Gasteiger partial charge on any atom is 0.326 e. The Morgan fingerprint density at radius 2 is 2.15 bits per heavy atom. The zero-order valence-electron chi connectivity index (χ0n) is 12.1. The van der Waals surface area contributed by atoms with Crippen LogP contribution >= 0.6 is 0 Å². The van der Waals surface area contributed by atoms with Crippen molar-refractivity contribution in [1.82, 2.24) is 20.4 Å². The normalized spacial score (nSPS) is 11.9. The molecule has 0 aromatic carbocycles. The number of carbonyl (C=O) groups excluding carboxylic acids is 1. The molecular formula is C13H22N4O3. The Bertz CT molecular complexity index is 470. The first-order chi connectivity index (χ1) is 9.43. The van der Waals surface area contributed by atoms with Gasteiger partial charge in [0.2, 0.25) is 0 Å². The SMILES string of the molecule is CC[C@H](NC(=O)NCCCn1nc(C)cc1C)C(=O)O. The Morgan fingerprint density at radius 1 is 1.45 bits per heavy atom. The Labute approximate surface area is 118 Å². The van der Waals surface area contributed by atoms with Gasteiger partial charge in [-0.05, 0) is 32.8 Å². The van der Waals surface area contributed by atoms with Crippen molar-refractivity contribution < 1.29 is 14.7 Å². The van der Waals surface area contributed by atoms with Crippen molar-refractivity contribution in [2.75, 3.05) is 6.54 Å². The van der Waals surface area contributed by atoms with Crippen molar-refractivity contribution >= 4 is 12.0 Å². The van der Waals surface area contributed by atoms with Crippen LogP contribution in [0.5, 0.6) is 0 Å². The molecule has 0 aliphatic carbocycles. The van der Waals surface area contributed by atoms with E-state index in [0.29, 0.717) is 13.0 Å². The fourth-order valence-electron chi connectivity index (χ4n) is 1.88. The summed E-state index contributed by atoms with van der Waals surface area (Å²) in [6.45, 7) is 6.82. The molecule has 0 aliphatic heterocycles. The molecule has 7 heteroatoms. The average molecular weight is 282 g/mol. The van der Waals surface area contributed by atoms with Gasteiger partial charge in [0.1, 0.15) is 6.04 Å². The molecule has 3 N–H and O–H groups in total. The van der Waals surface area contributed by atoms with Crippen LogP contribution in [0.25, 0.3) is 0 Å². The van der Waals surface area contributed by atoms with Crippen LogP contribution < -0.4 is 10.6 Å². The molecule has 1 heterocycles. The van der Waals surface area contributed by atoms with Crippen LogP contribution in [-0.4, -0.2) is 39.5 Å². The molecule has 1 atom stereocenters. The quantitative estimate of drug-likeness (QED) is 0.651. The number of amides is 2. The average Bonchev–Trinajstić information content (AvgIpc) is 2.70. The van der Waals surface area contributed by atoms with Crippen LogP contribution in [-0.2, 0) is 11.3 Å². The zero-order chi connectivity index (χ0) is 15.1. The third kappa shape index (κ3) is 4.91. The number of aliphatic carboxylic acids is 1. The van der Waals surface area contributed by atoms with Gasteiger partial charge in [-0.2, -0.15) is 5.10 Å². The van der Waals surface area contributed by atoms with Gasteiger partial charge < -0.3 is 15.7 Å². The topological polar surface area (TPSA) is 96.3 Å². The molecule has 1 aromatic heterocycles. The lowest BCUT2D eigenvalue weighted by Crippen LogP contribution is -2.45. The highest BCUT2D eigenvalue weighted by Crippen LogP contribution is 2.02. The minimum Gasteiger partial charge on any atom is -0.480 e. The molecule has 0 aliphatic rings. The molecule has 0 unspecified atom stereocenters. The number of rotatable bonds is 7. The van der Waals surface area contributed by atoms with Gasteiger partial charge in [0, 0.05) is 18.8 Å². The van der Waals surface area contributed by atoms with E-state index in [9.17, 15) is 9.59 Å². The number of nitrogens with one attached hydrogen (secondary N) is 2. The molecule has 7 nitrogen and oxygen atoms in total. The van der Waals surface area contributed by atoms with Crippen LogP contribution in [0.15, 0.2) is 6.07 Å². The third-order valence-electron chi connectivity index (χ3n) is 2.95. The number of urea groups is 1. The molecule has 0 radical (unpaired) electrons. The summed E-state index contributed by atoms with van der Waals surface area (Å²) < 4.78 is 1.89. The van der Waals surface area contributed by atoms with Crippen molar-refractivity contribution in [2.45, 2.75) is 46.2 Å². The number of carboxylic acid groups (broad SMARTS) is 1. The highest BCUT2D eigenvalue weighted by atomic mass is 16.4. The maximum atomic E-state index is 11.5. The van der Waals surface area contributed by atoms with E-state index in [1.54, 1.807) is 6.92 Å². The number of hydrogen-bond donors (Lipinski definition) is 3. The summed E-state index contributed by atoms with van der Waals surface area (Å²) in [6, 6.07) is 0.706. The van der Waals surface area contributed by atoms with E-state index >= 15 is 0 Å². The van der Waals surface area contributed by atoms with Crippen LogP contribution in [0.4, 0.5) is 4.79 Å². The van der Waals surface area contributed by atoms with Gasteiger partial charge in [-0.3, -0.25) is 4.68 Å². The van der Waals surface area contributed by atoms with Crippen LogP contribution in [0, 0.1) is 13.8 Å². The number of carboxylic acids is 1. The van der Waals surface area contributed by atoms with E-state index in [-0.39, 0.29) is 0 Å². The summed E-state index contributed by atoms with van der Waals surface area (Å²) >= 11 is 0. The first-order valence-electron chi connectivity index (χ1n) is 6.72. The van der Waals surface area contributed by atoms with E-state index in [2.05, 4.69) is 15.7 Å². The van der Waals surface area contributed by atoms with Gasteiger partial charge in [-0.1, -0.05) is 6.92 Å². The van der Waals surface area contributed by atoms with Crippen LogP contribution in [0.2, 0.25) is 0 Å². The predicted octanol–water partition coefficient (Wildman–Crippen LogP) is 1.05. The second-order valence-corrected chi connectivity index (χ2v) is 4.70. The van der Waals surface area contributed by atoms with E-state index in [1.807, 2.05) is 24.6 Å². The van der Waals surface area contributed by atoms with Gasteiger partial charge in [0.05, 0.1) is 5.69 Å². The van der Waals surface area contributed by atoms with Gasteiger partial charge >= 0.3 is 12.0 Å². The molecule has 1 aromatic rings. The molecule has 2 amide bonds.